The minimum atomic E-state index is -0.346. The second-order valence-electron chi connectivity index (χ2n) is 8.05. The second kappa shape index (κ2) is 9.27. The van der Waals surface area contributed by atoms with Crippen LogP contribution in [0, 0.1) is 6.92 Å². The largest absolute Gasteiger partial charge is 0.506 e. The van der Waals surface area contributed by atoms with Crippen molar-refractivity contribution in [1.82, 2.24) is 9.55 Å². The molecule has 164 valence electrons. The van der Waals surface area contributed by atoms with E-state index in [-0.39, 0.29) is 11.7 Å². The molecule has 1 heterocycles. The van der Waals surface area contributed by atoms with E-state index in [0.717, 1.165) is 58.4 Å². The van der Waals surface area contributed by atoms with Gasteiger partial charge in [0.25, 0.3) is 0 Å². The van der Waals surface area contributed by atoms with Crippen molar-refractivity contribution in [3.63, 3.8) is 0 Å². The SMILES string of the molecule is CCCCc1nc2c(C)ccc(O)c2n1Cc1ccc(-c2ccccc2C(=O)OC)cc1. The summed E-state index contributed by atoms with van der Waals surface area (Å²) < 4.78 is 7.06. The lowest BCUT2D eigenvalue weighted by Gasteiger charge is -2.12. The Morgan fingerprint density at radius 3 is 2.53 bits per heavy atom. The molecule has 0 fully saturated rings. The zero-order chi connectivity index (χ0) is 22.7. The van der Waals surface area contributed by atoms with Gasteiger partial charge in [-0.25, -0.2) is 9.78 Å². The number of carbonyl (C=O) groups is 1. The highest BCUT2D eigenvalue weighted by atomic mass is 16.5. The molecule has 3 aromatic carbocycles. The number of aromatic nitrogens is 2. The zero-order valence-electron chi connectivity index (χ0n) is 18.8. The van der Waals surface area contributed by atoms with Crippen molar-refractivity contribution in [3.8, 4) is 16.9 Å². The predicted molar refractivity (Wildman–Crippen MR) is 127 cm³/mol. The predicted octanol–water partition coefficient (Wildman–Crippen LogP) is 5.89. The lowest BCUT2D eigenvalue weighted by atomic mass is 9.98. The molecule has 5 heteroatoms. The van der Waals surface area contributed by atoms with E-state index in [9.17, 15) is 9.90 Å². The molecule has 1 aromatic heterocycles. The van der Waals surface area contributed by atoms with Crippen LogP contribution >= 0.6 is 0 Å². The third-order valence-corrected chi connectivity index (χ3v) is 5.85. The lowest BCUT2D eigenvalue weighted by Crippen LogP contribution is -2.06. The quantitative estimate of drug-likeness (QED) is 0.373. The van der Waals surface area contributed by atoms with Gasteiger partial charge in [0, 0.05) is 13.0 Å². The average molecular weight is 429 g/mol. The number of aryl methyl sites for hydroxylation is 2. The normalized spacial score (nSPS) is 11.1. The van der Waals surface area contributed by atoms with Crippen LogP contribution in [0.2, 0.25) is 0 Å². The molecule has 4 aromatic rings. The van der Waals surface area contributed by atoms with Crippen molar-refractivity contribution in [2.24, 2.45) is 0 Å². The van der Waals surface area contributed by atoms with E-state index >= 15 is 0 Å². The summed E-state index contributed by atoms with van der Waals surface area (Å²) in [6, 6.07) is 19.3. The fourth-order valence-electron chi connectivity index (χ4n) is 4.09. The first-order valence-corrected chi connectivity index (χ1v) is 11.0. The molecule has 0 aliphatic carbocycles. The standard InChI is InChI=1S/C27H28N2O3/c1-4-5-10-24-28-25-18(2)11-16-23(30)26(25)29(24)17-19-12-14-20(15-13-19)21-8-6-7-9-22(21)27(31)32-3/h6-9,11-16,30H,4-5,10,17H2,1-3H3. The third kappa shape index (κ3) is 4.11. The van der Waals surface area contributed by atoms with Gasteiger partial charge in [0.15, 0.2) is 0 Å². The number of unbranched alkanes of at least 4 members (excludes halogenated alkanes) is 1. The van der Waals surface area contributed by atoms with Crippen molar-refractivity contribution < 1.29 is 14.6 Å². The maximum atomic E-state index is 12.1. The summed E-state index contributed by atoms with van der Waals surface area (Å²) >= 11 is 0. The van der Waals surface area contributed by atoms with Crippen molar-refractivity contribution >= 4 is 17.0 Å². The van der Waals surface area contributed by atoms with E-state index in [2.05, 4.69) is 23.6 Å². The van der Waals surface area contributed by atoms with Crippen LogP contribution in [0.4, 0.5) is 0 Å². The monoisotopic (exact) mass is 428 g/mol. The van der Waals surface area contributed by atoms with Crippen molar-refractivity contribution in [3.05, 3.63) is 83.2 Å². The third-order valence-electron chi connectivity index (χ3n) is 5.85. The van der Waals surface area contributed by atoms with Crippen LogP contribution in [0.25, 0.3) is 22.2 Å². The van der Waals surface area contributed by atoms with Crippen molar-refractivity contribution in [1.29, 1.82) is 0 Å². The van der Waals surface area contributed by atoms with Gasteiger partial charge in [-0.15, -0.1) is 0 Å². The van der Waals surface area contributed by atoms with Crippen LogP contribution in [-0.2, 0) is 17.7 Å². The summed E-state index contributed by atoms with van der Waals surface area (Å²) in [4.78, 5) is 17.0. The number of hydrogen-bond donors (Lipinski definition) is 1. The summed E-state index contributed by atoms with van der Waals surface area (Å²) in [5, 5.41) is 10.6. The molecule has 0 spiro atoms. The highest BCUT2D eigenvalue weighted by Gasteiger charge is 2.17. The first-order valence-electron chi connectivity index (χ1n) is 11.0. The van der Waals surface area contributed by atoms with Crippen molar-refractivity contribution in [2.45, 2.75) is 39.7 Å². The van der Waals surface area contributed by atoms with Gasteiger partial charge >= 0.3 is 5.97 Å². The number of ether oxygens (including phenoxy) is 1. The number of fused-ring (bicyclic) bond motifs is 1. The summed E-state index contributed by atoms with van der Waals surface area (Å²) in [5.74, 6) is 0.900. The van der Waals surface area contributed by atoms with Gasteiger partial charge in [0.05, 0.1) is 18.2 Å². The molecule has 0 unspecified atom stereocenters. The minimum absolute atomic E-state index is 0.254. The number of hydrogen-bond acceptors (Lipinski definition) is 4. The number of benzene rings is 3. The molecule has 0 radical (unpaired) electrons. The Hall–Kier alpha value is -3.60. The molecule has 1 N–H and O–H groups in total. The van der Waals surface area contributed by atoms with Crippen LogP contribution in [0.15, 0.2) is 60.7 Å². The number of aromatic hydroxyl groups is 1. The highest BCUT2D eigenvalue weighted by Crippen LogP contribution is 2.30. The first kappa shape index (κ1) is 21.6. The maximum absolute atomic E-state index is 12.1. The molecule has 0 amide bonds. The summed E-state index contributed by atoms with van der Waals surface area (Å²) in [6.45, 7) is 4.81. The Morgan fingerprint density at radius 2 is 1.81 bits per heavy atom. The smallest absolute Gasteiger partial charge is 0.338 e. The van der Waals surface area contributed by atoms with E-state index < -0.39 is 0 Å². The van der Waals surface area contributed by atoms with Gasteiger partial charge in [0.1, 0.15) is 17.1 Å². The van der Waals surface area contributed by atoms with E-state index in [1.807, 2.05) is 43.3 Å². The van der Waals surface area contributed by atoms with Crippen LogP contribution < -0.4 is 0 Å². The first-order chi connectivity index (χ1) is 15.5. The summed E-state index contributed by atoms with van der Waals surface area (Å²) in [6.07, 6.45) is 3.00. The number of esters is 1. The lowest BCUT2D eigenvalue weighted by molar-refractivity contribution is 0.0601. The van der Waals surface area contributed by atoms with Crippen molar-refractivity contribution in [2.75, 3.05) is 7.11 Å². The van der Waals surface area contributed by atoms with E-state index in [0.29, 0.717) is 12.1 Å². The van der Waals surface area contributed by atoms with Crippen LogP contribution in [0.1, 0.15) is 47.1 Å². The molecular formula is C27H28N2O3. The molecule has 0 aliphatic rings. The molecule has 0 aliphatic heterocycles. The Kier molecular flexibility index (Phi) is 6.26. The van der Waals surface area contributed by atoms with Gasteiger partial charge in [0.2, 0.25) is 0 Å². The molecule has 0 bridgehead atoms. The Balaban J connectivity index is 1.70. The Bertz CT molecular complexity index is 1260. The number of nitrogens with zero attached hydrogens (tertiary/aromatic N) is 2. The van der Waals surface area contributed by atoms with Crippen LogP contribution in [0.3, 0.4) is 0 Å². The van der Waals surface area contributed by atoms with Gasteiger partial charge in [-0.3, -0.25) is 0 Å². The Morgan fingerprint density at radius 1 is 1.06 bits per heavy atom. The molecule has 0 saturated heterocycles. The maximum Gasteiger partial charge on any atom is 0.338 e. The van der Waals surface area contributed by atoms with Crippen LogP contribution in [0.5, 0.6) is 5.75 Å². The number of methoxy groups -OCH3 is 1. The molecule has 4 rings (SSSR count). The number of phenolic OH excluding ortho intramolecular Hbond substituents is 1. The average Bonchev–Trinajstić information content (AvgIpc) is 3.19. The number of carbonyl (C=O) groups excluding carboxylic acids is 1. The molecule has 0 saturated carbocycles. The number of imidazole rings is 1. The number of phenols is 1. The molecule has 0 atom stereocenters. The van der Waals surface area contributed by atoms with Gasteiger partial charge in [-0.1, -0.05) is 61.9 Å². The fourth-order valence-corrected chi connectivity index (χ4v) is 4.09. The molecule has 32 heavy (non-hydrogen) atoms. The Labute approximate surface area is 188 Å². The van der Waals surface area contributed by atoms with Gasteiger partial charge in [-0.05, 0) is 47.7 Å². The number of rotatable bonds is 7. The fraction of sp³-hybridized carbons (Fsp3) is 0.259. The molecule has 5 nitrogen and oxygen atoms in total. The second-order valence-corrected chi connectivity index (χ2v) is 8.05. The zero-order valence-corrected chi connectivity index (χ0v) is 18.8. The van der Waals surface area contributed by atoms with Gasteiger partial charge in [-0.2, -0.15) is 0 Å². The minimum Gasteiger partial charge on any atom is -0.506 e. The summed E-state index contributed by atoms with van der Waals surface area (Å²) in [7, 11) is 1.39. The molecular weight excluding hydrogens is 400 g/mol. The topological polar surface area (TPSA) is 64.4 Å². The van der Waals surface area contributed by atoms with E-state index in [1.54, 1.807) is 12.1 Å². The van der Waals surface area contributed by atoms with Crippen LogP contribution in [-0.4, -0.2) is 27.7 Å². The van der Waals surface area contributed by atoms with E-state index in [4.69, 9.17) is 9.72 Å². The van der Waals surface area contributed by atoms with Gasteiger partial charge < -0.3 is 14.4 Å². The van der Waals surface area contributed by atoms with E-state index in [1.165, 1.54) is 7.11 Å². The summed E-state index contributed by atoms with van der Waals surface area (Å²) in [5.41, 5.74) is 6.15. The highest BCUT2D eigenvalue weighted by molar-refractivity contribution is 5.97.